The number of rotatable bonds is 7. The summed E-state index contributed by atoms with van der Waals surface area (Å²) in [5.41, 5.74) is 3.36. The zero-order valence-corrected chi connectivity index (χ0v) is 18.0. The average Bonchev–Trinajstić information content (AvgIpc) is 3.24. The summed E-state index contributed by atoms with van der Waals surface area (Å²) in [5, 5.41) is 0. The van der Waals surface area contributed by atoms with Crippen LogP contribution in [0.3, 0.4) is 0 Å². The van der Waals surface area contributed by atoms with Crippen LogP contribution >= 0.6 is 0 Å². The minimum Gasteiger partial charge on any atom is -0.380 e. The number of benzene rings is 1. The summed E-state index contributed by atoms with van der Waals surface area (Å²) in [6, 6.07) is 9.47. The Bertz CT molecular complexity index is 897. The lowest BCUT2D eigenvalue weighted by Gasteiger charge is -2.40. The van der Waals surface area contributed by atoms with E-state index in [0.717, 1.165) is 30.3 Å². The van der Waals surface area contributed by atoms with Gasteiger partial charge in [0.05, 0.1) is 13.2 Å². The molecule has 0 spiro atoms. The van der Waals surface area contributed by atoms with Crippen LogP contribution in [0.25, 0.3) is 0 Å². The topological polar surface area (TPSA) is 68.7 Å². The van der Waals surface area contributed by atoms with Gasteiger partial charge in [-0.15, -0.1) is 0 Å². The minimum atomic E-state index is -0.527. The number of guanidine groups is 1. The number of hydrogen-bond acceptors (Lipinski definition) is 6. The van der Waals surface area contributed by atoms with Crippen molar-refractivity contribution in [2.24, 2.45) is 4.99 Å². The maximum absolute atomic E-state index is 13.3. The van der Waals surface area contributed by atoms with Crippen LogP contribution in [0.1, 0.15) is 26.3 Å². The fraction of sp³-hybridized carbons (Fsp3) is 0.500. The van der Waals surface area contributed by atoms with E-state index in [4.69, 9.17) is 9.73 Å². The van der Waals surface area contributed by atoms with E-state index in [1.54, 1.807) is 11.9 Å². The molecule has 2 atom stereocenters. The van der Waals surface area contributed by atoms with Crippen molar-refractivity contribution in [2.45, 2.75) is 39.4 Å². The normalized spacial score (nSPS) is 23.4. The summed E-state index contributed by atoms with van der Waals surface area (Å²) in [5.74, 6) is 0.550. The van der Waals surface area contributed by atoms with E-state index < -0.39 is 12.2 Å². The summed E-state index contributed by atoms with van der Waals surface area (Å²) >= 11 is 0. The lowest BCUT2D eigenvalue weighted by atomic mass is 10.1. The van der Waals surface area contributed by atoms with Gasteiger partial charge in [0.15, 0.2) is 12.2 Å². The van der Waals surface area contributed by atoms with Crippen molar-refractivity contribution in [1.82, 2.24) is 19.6 Å². The van der Waals surface area contributed by atoms with Gasteiger partial charge in [-0.1, -0.05) is 30.3 Å². The lowest BCUT2D eigenvalue weighted by Crippen LogP contribution is -2.65. The van der Waals surface area contributed by atoms with Crippen molar-refractivity contribution in [2.75, 3.05) is 33.4 Å². The number of aliphatic imine (C=N–C) groups is 1. The molecule has 30 heavy (non-hydrogen) atoms. The smallest absolute Gasteiger partial charge is 0.328 e. The zero-order chi connectivity index (χ0) is 21.4. The fourth-order valence-electron chi connectivity index (χ4n) is 4.34. The van der Waals surface area contributed by atoms with E-state index in [2.05, 4.69) is 24.0 Å². The Morgan fingerprint density at radius 2 is 1.77 bits per heavy atom. The van der Waals surface area contributed by atoms with Crippen molar-refractivity contribution in [3.05, 3.63) is 47.3 Å². The first kappa shape index (κ1) is 20.4. The second-order valence-corrected chi connectivity index (χ2v) is 7.80. The number of fused-ring (bicyclic) bond motifs is 3. The molecule has 1 aromatic carbocycles. The Labute approximate surface area is 177 Å². The van der Waals surface area contributed by atoms with Crippen LogP contribution < -0.4 is 0 Å². The first-order valence-electron chi connectivity index (χ1n) is 10.5. The SMILES string of the molecule is CCOCCN1C(=O)C2C(N=C3N(CCc4ccccc4)C(C)=C(C)N32)N(C)C1=O. The van der Waals surface area contributed by atoms with E-state index in [9.17, 15) is 9.59 Å². The summed E-state index contributed by atoms with van der Waals surface area (Å²) in [6.45, 7) is 7.88. The first-order valence-corrected chi connectivity index (χ1v) is 10.5. The van der Waals surface area contributed by atoms with Gasteiger partial charge in [-0.05, 0) is 32.8 Å². The molecule has 160 valence electrons. The molecule has 3 aliphatic rings. The molecule has 0 saturated carbocycles. The maximum Gasteiger partial charge on any atom is 0.328 e. The standard InChI is InChI=1S/C22H29N5O3/c1-5-30-14-13-26-20(28)18-19(24(4)22(26)29)23-21-25(15(2)16(3)27(18)21)12-11-17-9-7-6-8-10-17/h6-10,18-19H,5,11-14H2,1-4H3. The second-order valence-electron chi connectivity index (χ2n) is 7.80. The summed E-state index contributed by atoms with van der Waals surface area (Å²) in [6.07, 6.45) is 0.363. The predicted molar refractivity (Wildman–Crippen MR) is 113 cm³/mol. The van der Waals surface area contributed by atoms with E-state index in [1.165, 1.54) is 10.5 Å². The van der Waals surface area contributed by atoms with Crippen LogP contribution in [0.4, 0.5) is 4.79 Å². The monoisotopic (exact) mass is 411 g/mol. The van der Waals surface area contributed by atoms with Crippen molar-refractivity contribution in [1.29, 1.82) is 0 Å². The third-order valence-electron chi connectivity index (χ3n) is 6.13. The Hall–Kier alpha value is -2.87. The molecule has 8 nitrogen and oxygen atoms in total. The quantitative estimate of drug-likeness (QED) is 0.643. The molecule has 4 rings (SSSR count). The van der Waals surface area contributed by atoms with E-state index in [0.29, 0.717) is 13.2 Å². The second kappa shape index (κ2) is 8.10. The summed E-state index contributed by atoms with van der Waals surface area (Å²) in [7, 11) is 1.71. The molecule has 1 aromatic rings. The number of nitrogens with zero attached hydrogens (tertiary/aromatic N) is 5. The Morgan fingerprint density at radius 1 is 1.03 bits per heavy atom. The fourth-order valence-corrected chi connectivity index (χ4v) is 4.34. The average molecular weight is 412 g/mol. The van der Waals surface area contributed by atoms with Crippen LogP contribution in [-0.4, -0.2) is 83.1 Å². The number of carbonyl (C=O) groups is 2. The third-order valence-corrected chi connectivity index (χ3v) is 6.13. The van der Waals surface area contributed by atoms with Gasteiger partial charge in [0.2, 0.25) is 5.96 Å². The molecule has 2 unspecified atom stereocenters. The van der Waals surface area contributed by atoms with Crippen molar-refractivity contribution < 1.29 is 14.3 Å². The van der Waals surface area contributed by atoms with Crippen molar-refractivity contribution in [3.63, 3.8) is 0 Å². The van der Waals surface area contributed by atoms with Gasteiger partial charge in [0.25, 0.3) is 5.91 Å². The Morgan fingerprint density at radius 3 is 2.47 bits per heavy atom. The van der Waals surface area contributed by atoms with Crippen molar-refractivity contribution >= 4 is 17.9 Å². The van der Waals surface area contributed by atoms with Gasteiger partial charge in [0.1, 0.15) is 0 Å². The van der Waals surface area contributed by atoms with Gasteiger partial charge >= 0.3 is 6.03 Å². The molecule has 3 amide bonds. The molecule has 3 heterocycles. The number of imide groups is 1. The van der Waals surface area contributed by atoms with Crippen LogP contribution in [0.2, 0.25) is 0 Å². The molecule has 3 aliphatic heterocycles. The Kier molecular flexibility index (Phi) is 5.51. The number of amides is 3. The van der Waals surface area contributed by atoms with Gasteiger partial charge < -0.3 is 14.5 Å². The number of allylic oxidation sites excluding steroid dienone is 2. The highest BCUT2D eigenvalue weighted by atomic mass is 16.5. The number of likely N-dealkylation sites (N-methyl/N-ethyl adjacent to an activating group) is 1. The molecule has 0 bridgehead atoms. The minimum absolute atomic E-state index is 0.210. The number of ether oxygens (including phenoxy) is 1. The van der Waals surface area contributed by atoms with Gasteiger partial charge in [-0.2, -0.15) is 0 Å². The van der Waals surface area contributed by atoms with Crippen molar-refractivity contribution in [3.8, 4) is 0 Å². The van der Waals surface area contributed by atoms with E-state index in [1.807, 2.05) is 36.9 Å². The molecule has 8 heteroatoms. The largest absolute Gasteiger partial charge is 0.380 e. The summed E-state index contributed by atoms with van der Waals surface area (Å²) < 4.78 is 5.37. The van der Waals surface area contributed by atoms with Gasteiger partial charge in [-0.3, -0.25) is 14.6 Å². The molecular formula is C22H29N5O3. The van der Waals surface area contributed by atoms with E-state index in [-0.39, 0.29) is 18.5 Å². The van der Waals surface area contributed by atoms with Crippen LogP contribution in [0.5, 0.6) is 0 Å². The van der Waals surface area contributed by atoms with Crippen LogP contribution in [-0.2, 0) is 16.0 Å². The molecule has 0 aliphatic carbocycles. The molecular weight excluding hydrogens is 382 g/mol. The van der Waals surface area contributed by atoms with Crippen LogP contribution in [0, 0.1) is 0 Å². The van der Waals surface area contributed by atoms with Gasteiger partial charge in [0, 0.05) is 31.6 Å². The third kappa shape index (κ3) is 3.25. The highest BCUT2D eigenvalue weighted by molar-refractivity contribution is 6.05. The highest BCUT2D eigenvalue weighted by Gasteiger charge is 2.55. The first-order chi connectivity index (χ1) is 14.5. The molecule has 1 fully saturated rings. The maximum atomic E-state index is 13.3. The number of carbonyl (C=O) groups excluding carboxylic acids is 2. The molecule has 0 radical (unpaired) electrons. The zero-order valence-electron chi connectivity index (χ0n) is 18.0. The van der Waals surface area contributed by atoms with Gasteiger partial charge in [-0.25, -0.2) is 9.79 Å². The lowest BCUT2D eigenvalue weighted by molar-refractivity contribution is -0.137. The predicted octanol–water partition coefficient (Wildman–Crippen LogP) is 2.09. The Balaban J connectivity index is 1.57. The molecule has 0 N–H and O–H groups in total. The van der Waals surface area contributed by atoms with Crippen LogP contribution in [0.15, 0.2) is 46.7 Å². The molecule has 0 aromatic heterocycles. The number of urea groups is 1. The number of hydrogen-bond donors (Lipinski definition) is 0. The molecule has 1 saturated heterocycles. The summed E-state index contributed by atoms with van der Waals surface area (Å²) in [4.78, 5) is 38.0. The highest BCUT2D eigenvalue weighted by Crippen LogP contribution is 2.37. The van der Waals surface area contributed by atoms with E-state index >= 15 is 0 Å².